The quantitative estimate of drug-likeness (QED) is 0.895. The number of pyridine rings is 1. The molecule has 0 aliphatic carbocycles. The summed E-state index contributed by atoms with van der Waals surface area (Å²) in [6, 6.07) is 11.5. The normalized spacial score (nSPS) is 10.1. The second-order valence-corrected chi connectivity index (χ2v) is 4.22. The van der Waals surface area contributed by atoms with Gasteiger partial charge in [0.25, 0.3) is 5.91 Å². The molecule has 0 saturated heterocycles. The lowest BCUT2D eigenvalue weighted by molar-refractivity contribution is 0.102. The molecule has 3 heteroatoms. The van der Waals surface area contributed by atoms with Gasteiger partial charge in [0.1, 0.15) is 5.69 Å². The van der Waals surface area contributed by atoms with Gasteiger partial charge in [0.05, 0.1) is 0 Å². The lowest BCUT2D eigenvalue weighted by Gasteiger charge is -2.05. The largest absolute Gasteiger partial charge is 0.321 e. The smallest absolute Gasteiger partial charge is 0.274 e. The summed E-state index contributed by atoms with van der Waals surface area (Å²) in [5.41, 5.74) is 3.51. The molecule has 0 saturated carbocycles. The highest BCUT2D eigenvalue weighted by Gasteiger charge is 2.07. The van der Waals surface area contributed by atoms with Gasteiger partial charge >= 0.3 is 0 Å². The standard InChI is InChI=1S/C15H16N2O/c1-3-12-4-6-13(7-5-12)17-15(18)14-10-11(2)8-9-16-14/h4-10H,3H2,1-2H3,(H,17,18). The van der Waals surface area contributed by atoms with E-state index < -0.39 is 0 Å². The molecule has 1 aromatic carbocycles. The van der Waals surface area contributed by atoms with Crippen LogP contribution >= 0.6 is 0 Å². The Morgan fingerprint density at radius 1 is 1.22 bits per heavy atom. The Morgan fingerprint density at radius 2 is 1.94 bits per heavy atom. The molecule has 3 nitrogen and oxygen atoms in total. The zero-order chi connectivity index (χ0) is 13.0. The van der Waals surface area contributed by atoms with Crippen molar-refractivity contribution in [2.75, 3.05) is 5.32 Å². The third-order valence-corrected chi connectivity index (χ3v) is 2.77. The van der Waals surface area contributed by atoms with E-state index in [1.54, 1.807) is 12.3 Å². The van der Waals surface area contributed by atoms with Gasteiger partial charge in [0.15, 0.2) is 0 Å². The zero-order valence-corrected chi connectivity index (χ0v) is 10.6. The molecule has 0 bridgehead atoms. The number of nitrogens with zero attached hydrogens (tertiary/aromatic N) is 1. The van der Waals surface area contributed by atoms with E-state index in [-0.39, 0.29) is 5.91 Å². The van der Waals surface area contributed by atoms with E-state index in [0.29, 0.717) is 5.69 Å². The van der Waals surface area contributed by atoms with Crippen LogP contribution in [0.4, 0.5) is 5.69 Å². The van der Waals surface area contributed by atoms with Crippen molar-refractivity contribution in [2.45, 2.75) is 20.3 Å². The molecule has 0 fully saturated rings. The second-order valence-electron chi connectivity index (χ2n) is 4.22. The minimum Gasteiger partial charge on any atom is -0.321 e. The number of carbonyl (C=O) groups excluding carboxylic acids is 1. The number of nitrogens with one attached hydrogen (secondary N) is 1. The summed E-state index contributed by atoms with van der Waals surface area (Å²) in [6.45, 7) is 4.04. The van der Waals surface area contributed by atoms with Crippen molar-refractivity contribution in [3.05, 3.63) is 59.4 Å². The Balaban J connectivity index is 2.11. The van der Waals surface area contributed by atoms with Crippen LogP contribution < -0.4 is 5.32 Å². The van der Waals surface area contributed by atoms with Crippen molar-refractivity contribution in [1.29, 1.82) is 0 Å². The van der Waals surface area contributed by atoms with Crippen molar-refractivity contribution >= 4 is 11.6 Å². The first-order chi connectivity index (χ1) is 8.69. The van der Waals surface area contributed by atoms with E-state index in [0.717, 1.165) is 17.7 Å². The fourth-order valence-electron chi connectivity index (χ4n) is 1.68. The lowest BCUT2D eigenvalue weighted by Crippen LogP contribution is -2.13. The Hall–Kier alpha value is -2.16. The first-order valence-electron chi connectivity index (χ1n) is 6.02. The third kappa shape index (κ3) is 2.94. The molecule has 92 valence electrons. The molecule has 18 heavy (non-hydrogen) atoms. The molecule has 0 radical (unpaired) electrons. The predicted octanol–water partition coefficient (Wildman–Crippen LogP) is 3.20. The van der Waals surface area contributed by atoms with Crippen LogP contribution in [0.2, 0.25) is 0 Å². The maximum absolute atomic E-state index is 11.9. The van der Waals surface area contributed by atoms with Gasteiger partial charge in [-0.3, -0.25) is 9.78 Å². The number of anilines is 1. The van der Waals surface area contributed by atoms with Crippen LogP contribution in [0.1, 0.15) is 28.5 Å². The molecule has 0 spiro atoms. The number of hydrogen-bond acceptors (Lipinski definition) is 2. The summed E-state index contributed by atoms with van der Waals surface area (Å²) < 4.78 is 0. The molecule has 1 amide bonds. The van der Waals surface area contributed by atoms with Gasteiger partial charge in [-0.1, -0.05) is 19.1 Å². The van der Waals surface area contributed by atoms with E-state index in [9.17, 15) is 4.79 Å². The number of aryl methyl sites for hydroxylation is 2. The monoisotopic (exact) mass is 240 g/mol. The molecule has 0 aliphatic heterocycles. The molecular weight excluding hydrogens is 224 g/mol. The van der Waals surface area contributed by atoms with Crippen molar-refractivity contribution in [3.8, 4) is 0 Å². The number of aromatic nitrogens is 1. The van der Waals surface area contributed by atoms with Crippen molar-refractivity contribution in [1.82, 2.24) is 4.98 Å². The Kier molecular flexibility index (Phi) is 3.72. The molecule has 1 aromatic heterocycles. The maximum Gasteiger partial charge on any atom is 0.274 e. The highest BCUT2D eigenvalue weighted by Crippen LogP contribution is 2.11. The van der Waals surface area contributed by atoms with Crippen LogP contribution in [-0.4, -0.2) is 10.9 Å². The molecule has 0 unspecified atom stereocenters. The van der Waals surface area contributed by atoms with Gasteiger partial charge in [-0.05, 0) is 48.7 Å². The fourth-order valence-corrected chi connectivity index (χ4v) is 1.68. The summed E-state index contributed by atoms with van der Waals surface area (Å²) >= 11 is 0. The van der Waals surface area contributed by atoms with Gasteiger partial charge in [0, 0.05) is 11.9 Å². The molecule has 2 aromatic rings. The predicted molar refractivity (Wildman–Crippen MR) is 72.7 cm³/mol. The van der Waals surface area contributed by atoms with Crippen LogP contribution in [0.5, 0.6) is 0 Å². The van der Waals surface area contributed by atoms with Crippen molar-refractivity contribution in [2.24, 2.45) is 0 Å². The first kappa shape index (κ1) is 12.3. The van der Waals surface area contributed by atoms with Gasteiger partial charge < -0.3 is 5.32 Å². The average Bonchev–Trinajstić information content (AvgIpc) is 2.39. The molecule has 0 aliphatic rings. The Bertz CT molecular complexity index is 547. The van der Waals surface area contributed by atoms with E-state index >= 15 is 0 Å². The highest BCUT2D eigenvalue weighted by atomic mass is 16.1. The van der Waals surface area contributed by atoms with Gasteiger partial charge in [-0.25, -0.2) is 0 Å². The summed E-state index contributed by atoms with van der Waals surface area (Å²) in [4.78, 5) is 16.0. The van der Waals surface area contributed by atoms with Gasteiger partial charge in [-0.15, -0.1) is 0 Å². The lowest BCUT2D eigenvalue weighted by atomic mass is 10.1. The summed E-state index contributed by atoms with van der Waals surface area (Å²) in [5, 5.41) is 2.84. The number of benzene rings is 1. The van der Waals surface area contributed by atoms with Crippen LogP contribution in [0.15, 0.2) is 42.6 Å². The van der Waals surface area contributed by atoms with Gasteiger partial charge in [0.2, 0.25) is 0 Å². The number of amides is 1. The summed E-state index contributed by atoms with van der Waals surface area (Å²) in [7, 11) is 0. The minimum atomic E-state index is -0.178. The first-order valence-corrected chi connectivity index (χ1v) is 6.02. The molecule has 2 rings (SSSR count). The minimum absolute atomic E-state index is 0.178. The molecular formula is C15H16N2O. The third-order valence-electron chi connectivity index (χ3n) is 2.77. The average molecular weight is 240 g/mol. The SMILES string of the molecule is CCc1ccc(NC(=O)c2cc(C)ccn2)cc1. The van der Waals surface area contributed by atoms with E-state index in [1.807, 2.05) is 37.3 Å². The van der Waals surface area contributed by atoms with E-state index in [2.05, 4.69) is 17.2 Å². The summed E-state index contributed by atoms with van der Waals surface area (Å²) in [5.74, 6) is -0.178. The number of carbonyl (C=O) groups is 1. The highest BCUT2D eigenvalue weighted by molar-refractivity contribution is 6.02. The zero-order valence-electron chi connectivity index (χ0n) is 10.6. The van der Waals surface area contributed by atoms with E-state index in [1.165, 1.54) is 5.56 Å². The Labute approximate surface area is 107 Å². The van der Waals surface area contributed by atoms with E-state index in [4.69, 9.17) is 0 Å². The molecule has 0 atom stereocenters. The van der Waals surface area contributed by atoms with Crippen molar-refractivity contribution < 1.29 is 4.79 Å². The number of hydrogen-bond donors (Lipinski definition) is 1. The van der Waals surface area contributed by atoms with Crippen LogP contribution in [0.3, 0.4) is 0 Å². The number of rotatable bonds is 3. The molecule has 1 N–H and O–H groups in total. The second kappa shape index (κ2) is 5.45. The topological polar surface area (TPSA) is 42.0 Å². The molecule has 1 heterocycles. The fraction of sp³-hybridized carbons (Fsp3) is 0.200. The van der Waals surface area contributed by atoms with Crippen LogP contribution in [-0.2, 0) is 6.42 Å². The van der Waals surface area contributed by atoms with Gasteiger partial charge in [-0.2, -0.15) is 0 Å². The van der Waals surface area contributed by atoms with Crippen LogP contribution in [0, 0.1) is 6.92 Å². The Morgan fingerprint density at radius 3 is 2.56 bits per heavy atom. The van der Waals surface area contributed by atoms with Crippen molar-refractivity contribution in [3.63, 3.8) is 0 Å². The maximum atomic E-state index is 11.9. The summed E-state index contributed by atoms with van der Waals surface area (Å²) in [6.07, 6.45) is 2.64. The van der Waals surface area contributed by atoms with Crippen LogP contribution in [0.25, 0.3) is 0 Å².